The molecule has 0 spiro atoms. The molecule has 218 valence electrons. The van der Waals surface area contributed by atoms with E-state index in [0.29, 0.717) is 66.8 Å². The Hall–Kier alpha value is -6.77. The van der Waals surface area contributed by atoms with Crippen LogP contribution < -0.4 is 19.7 Å². The number of nitriles is 3. The molecule has 0 radical (unpaired) electrons. The van der Waals surface area contributed by atoms with Crippen LogP contribution in [-0.2, 0) is 6.54 Å². The quantitative estimate of drug-likeness (QED) is 0.169. The molecule has 0 amide bonds. The number of hydrogen-bond donors (Lipinski definition) is 3. The van der Waals surface area contributed by atoms with E-state index in [1.54, 1.807) is 42.9 Å². The fourth-order valence-electron chi connectivity index (χ4n) is 4.25. The van der Waals surface area contributed by atoms with Gasteiger partial charge in [0.15, 0.2) is 17.2 Å². The second kappa shape index (κ2) is 14.2. The number of rotatable bonds is 3. The number of anilines is 2. The van der Waals surface area contributed by atoms with Crippen molar-refractivity contribution in [3.8, 4) is 35.5 Å². The van der Waals surface area contributed by atoms with E-state index in [2.05, 4.69) is 31.1 Å². The third-order valence-electron chi connectivity index (χ3n) is 6.26. The highest BCUT2D eigenvalue weighted by Crippen LogP contribution is 2.39. The number of aromatic nitrogens is 2. The van der Waals surface area contributed by atoms with Gasteiger partial charge in [0.1, 0.15) is 42.7 Å². The third-order valence-corrected chi connectivity index (χ3v) is 6.26. The van der Waals surface area contributed by atoms with Crippen molar-refractivity contribution < 1.29 is 19.5 Å². The van der Waals surface area contributed by atoms with Gasteiger partial charge >= 0.3 is 0 Å². The lowest BCUT2D eigenvalue weighted by Gasteiger charge is -2.31. The highest BCUT2D eigenvalue weighted by atomic mass is 16.6. The first-order chi connectivity index (χ1) is 21.4. The lowest BCUT2D eigenvalue weighted by molar-refractivity contribution is -0.384. The number of fused-ring (bicyclic) bond motifs is 2. The number of nitro benzene ring substituents is 1. The molecule has 0 atom stereocenters. The fourth-order valence-corrected chi connectivity index (χ4v) is 4.25. The van der Waals surface area contributed by atoms with E-state index in [9.17, 15) is 15.4 Å². The van der Waals surface area contributed by atoms with Gasteiger partial charge in [-0.1, -0.05) is 12.1 Å². The Morgan fingerprint density at radius 2 is 1.77 bits per heavy atom. The van der Waals surface area contributed by atoms with Gasteiger partial charge < -0.3 is 29.8 Å². The van der Waals surface area contributed by atoms with Crippen LogP contribution in [0.5, 0.6) is 17.2 Å². The maximum absolute atomic E-state index is 10.6. The molecule has 14 nitrogen and oxygen atoms in total. The highest BCUT2D eigenvalue weighted by molar-refractivity contribution is 5.73. The van der Waals surface area contributed by atoms with Crippen LogP contribution in [0.25, 0.3) is 4.85 Å². The molecule has 14 heteroatoms. The number of nitro groups is 1. The zero-order valence-electron chi connectivity index (χ0n) is 23.0. The molecule has 4 aromatic rings. The van der Waals surface area contributed by atoms with Crippen molar-refractivity contribution in [3.05, 3.63) is 105 Å². The smallest absolute Gasteiger partial charge is 0.273 e. The first kappa shape index (κ1) is 30.2. The summed E-state index contributed by atoms with van der Waals surface area (Å²) in [6.07, 6.45) is 3.39. The maximum Gasteiger partial charge on any atom is 0.273 e. The second-order valence-corrected chi connectivity index (χ2v) is 9.06. The molecule has 2 aliphatic heterocycles. The third kappa shape index (κ3) is 7.10. The minimum Gasteiger partial charge on any atom is -0.507 e. The number of imidazole rings is 1. The summed E-state index contributed by atoms with van der Waals surface area (Å²) >= 11 is 0. The van der Waals surface area contributed by atoms with Crippen LogP contribution in [0, 0.1) is 50.7 Å². The minimum atomic E-state index is -0.530. The van der Waals surface area contributed by atoms with Crippen LogP contribution in [0.15, 0.2) is 61.1 Å². The summed E-state index contributed by atoms with van der Waals surface area (Å²) in [6.45, 7) is 10.0. The Bertz CT molecular complexity index is 1830. The van der Waals surface area contributed by atoms with Gasteiger partial charge in [-0.05, 0) is 24.3 Å². The number of aromatic hydroxyl groups is 1. The minimum absolute atomic E-state index is 0.0417. The summed E-state index contributed by atoms with van der Waals surface area (Å²) in [7, 11) is 0. The molecule has 0 fully saturated rings. The molecule has 0 bridgehead atoms. The molecule has 1 aromatic heterocycles. The van der Waals surface area contributed by atoms with E-state index in [1.807, 2.05) is 12.1 Å². The van der Waals surface area contributed by atoms with Crippen molar-refractivity contribution in [2.24, 2.45) is 0 Å². The van der Waals surface area contributed by atoms with Gasteiger partial charge in [-0.2, -0.15) is 15.8 Å². The number of benzene rings is 3. The number of phenols is 1. The molecule has 2 aliphatic rings. The molecule has 0 saturated carbocycles. The van der Waals surface area contributed by atoms with Gasteiger partial charge in [0.25, 0.3) is 5.69 Å². The Morgan fingerprint density at radius 1 is 1.05 bits per heavy atom. The van der Waals surface area contributed by atoms with E-state index in [-0.39, 0.29) is 17.0 Å². The SMILES string of the molecule is N#Cc1cc([N+](=O)[O-])cc2c1OCCN2.N#Cc1ccccc1O.[C-]#[N+]c1cc(C#N)c2c(c1)N(Cc1cnc[nH]1)CCO2. The number of ether oxygens (including phenoxy) is 2. The van der Waals surface area contributed by atoms with Gasteiger partial charge in [0, 0.05) is 24.9 Å². The fraction of sp³-hybridized carbons (Fsp3) is 0.167. The Morgan fingerprint density at radius 3 is 2.41 bits per heavy atom. The van der Waals surface area contributed by atoms with E-state index < -0.39 is 4.92 Å². The first-order valence-corrected chi connectivity index (χ1v) is 13.0. The van der Waals surface area contributed by atoms with Gasteiger partial charge in [0.2, 0.25) is 0 Å². The predicted octanol–water partition coefficient (Wildman–Crippen LogP) is 4.77. The van der Waals surface area contributed by atoms with E-state index in [1.165, 1.54) is 18.2 Å². The van der Waals surface area contributed by atoms with Gasteiger partial charge in [0.05, 0.1) is 59.1 Å². The Kier molecular flexibility index (Phi) is 9.76. The zero-order chi connectivity index (χ0) is 31.5. The number of non-ortho nitro benzene ring substituents is 1. The highest BCUT2D eigenvalue weighted by Gasteiger charge is 2.23. The monoisotopic (exact) mass is 589 g/mol. The summed E-state index contributed by atoms with van der Waals surface area (Å²) in [6, 6.07) is 18.2. The van der Waals surface area contributed by atoms with Crippen LogP contribution >= 0.6 is 0 Å². The van der Waals surface area contributed by atoms with Crippen molar-refractivity contribution in [3.63, 3.8) is 0 Å². The summed E-state index contributed by atoms with van der Waals surface area (Å²) in [4.78, 5) is 22.6. The molecule has 3 N–H and O–H groups in total. The Balaban J connectivity index is 0.000000162. The van der Waals surface area contributed by atoms with Crippen molar-refractivity contribution in [2.75, 3.05) is 36.5 Å². The molecule has 6 rings (SSSR count). The van der Waals surface area contributed by atoms with E-state index in [4.69, 9.17) is 31.7 Å². The Labute approximate surface area is 251 Å². The predicted molar refractivity (Wildman–Crippen MR) is 157 cm³/mol. The summed E-state index contributed by atoms with van der Waals surface area (Å²) in [5.74, 6) is 1.00. The topological polar surface area (TPSA) is 202 Å². The normalized spacial score (nSPS) is 12.0. The first-order valence-electron chi connectivity index (χ1n) is 13.0. The average molecular weight is 590 g/mol. The lowest BCUT2D eigenvalue weighted by atomic mass is 10.1. The van der Waals surface area contributed by atoms with Gasteiger partial charge in [-0.3, -0.25) is 10.1 Å². The molecular formula is C30H23N9O5. The summed E-state index contributed by atoms with van der Waals surface area (Å²) < 4.78 is 10.9. The van der Waals surface area contributed by atoms with Crippen LogP contribution in [-0.4, -0.2) is 46.3 Å². The molecule has 3 heterocycles. The summed E-state index contributed by atoms with van der Waals surface area (Å²) in [5, 5.41) is 48.7. The van der Waals surface area contributed by atoms with E-state index in [0.717, 1.165) is 11.4 Å². The van der Waals surface area contributed by atoms with Gasteiger partial charge in [-0.15, -0.1) is 0 Å². The maximum atomic E-state index is 10.6. The van der Waals surface area contributed by atoms with Crippen molar-refractivity contribution >= 4 is 22.7 Å². The summed E-state index contributed by atoms with van der Waals surface area (Å²) in [5.41, 5.74) is 3.52. The standard InChI is InChI=1S/C14H11N5O.C9H7N3O3.C7H5NO/c1-16-11-4-10(6-15)14-13(5-11)19(2-3-20-14)8-12-7-17-9-18-12;10-5-6-3-7(12(13)14)4-8-9(6)15-2-1-11-8;8-5-6-3-1-2-4-7(6)9/h4-5,7,9H,2-3,8H2,(H,17,18);3-4,11H,1-2H2;1-4,9H. The number of hydrogen-bond acceptors (Lipinski definition) is 11. The van der Waals surface area contributed by atoms with Crippen LogP contribution in [0.1, 0.15) is 22.4 Å². The molecule has 44 heavy (non-hydrogen) atoms. The number of H-pyrrole nitrogens is 1. The molecular weight excluding hydrogens is 566 g/mol. The second-order valence-electron chi connectivity index (χ2n) is 9.06. The van der Waals surface area contributed by atoms with Crippen molar-refractivity contribution in [2.45, 2.75) is 6.54 Å². The van der Waals surface area contributed by atoms with Crippen molar-refractivity contribution in [1.29, 1.82) is 15.8 Å². The van der Waals surface area contributed by atoms with Crippen LogP contribution in [0.2, 0.25) is 0 Å². The van der Waals surface area contributed by atoms with Crippen LogP contribution in [0.4, 0.5) is 22.7 Å². The van der Waals surface area contributed by atoms with Crippen molar-refractivity contribution in [1.82, 2.24) is 9.97 Å². The number of aromatic amines is 1. The largest absolute Gasteiger partial charge is 0.507 e. The number of nitrogens with one attached hydrogen (secondary N) is 2. The average Bonchev–Trinajstić information content (AvgIpc) is 3.58. The zero-order valence-corrected chi connectivity index (χ0v) is 23.0. The lowest BCUT2D eigenvalue weighted by Crippen LogP contribution is -2.32. The number of phenolic OH excluding ortho intramolecular Hbond substituents is 1. The number of nitrogens with zero attached hydrogens (tertiary/aromatic N) is 7. The van der Waals surface area contributed by atoms with Crippen LogP contribution in [0.3, 0.4) is 0 Å². The number of para-hydroxylation sites is 1. The molecule has 0 saturated heterocycles. The molecule has 0 aliphatic carbocycles. The van der Waals surface area contributed by atoms with Gasteiger partial charge in [-0.25, -0.2) is 9.83 Å². The van der Waals surface area contributed by atoms with E-state index >= 15 is 0 Å². The molecule has 0 unspecified atom stereocenters. The molecule has 3 aromatic carbocycles.